The number of ketones is 2. The minimum Gasteiger partial charge on any atom is -0.633 e. The molecular weight excluding hydrogens is 521 g/mol. The Morgan fingerprint density at radius 2 is 1.13 bits per heavy atom. The summed E-state index contributed by atoms with van der Waals surface area (Å²) in [7, 11) is 0. The van der Waals surface area contributed by atoms with E-state index < -0.39 is 83.4 Å². The first kappa shape index (κ1) is 27.2. The summed E-state index contributed by atoms with van der Waals surface area (Å²) in [4.78, 5) is 27.1. The van der Waals surface area contributed by atoms with Crippen LogP contribution in [-0.4, -0.2) is 83.4 Å². The second-order valence-corrected chi connectivity index (χ2v) is 10.5. The minimum absolute atomic E-state index is 0.00466. The highest BCUT2D eigenvalue weighted by Crippen LogP contribution is 2.45. The largest absolute Gasteiger partial charge is 0.633 e. The fraction of sp³-hybridized carbons (Fsp3) is 0.462. The number of nitrogens with zero attached hydrogens (tertiary/aromatic N) is 2. The number of phenolic OH excluding ortho intramolecular Hbond substituents is 2. The summed E-state index contributed by atoms with van der Waals surface area (Å²) in [5, 5.41) is 51.1. The van der Waals surface area contributed by atoms with Gasteiger partial charge in [0.15, 0.2) is 23.2 Å². The summed E-state index contributed by atoms with van der Waals surface area (Å²) < 4.78 is 44.2. The molecular formula is C26H29F3N4O6. The first-order valence-electron chi connectivity index (χ1n) is 13.0. The molecule has 2 saturated heterocycles. The van der Waals surface area contributed by atoms with Gasteiger partial charge >= 0.3 is 0 Å². The quantitative estimate of drug-likeness (QED) is 0.190. The van der Waals surface area contributed by atoms with E-state index in [0.717, 1.165) is 25.7 Å². The first-order valence-corrected chi connectivity index (χ1v) is 13.0. The summed E-state index contributed by atoms with van der Waals surface area (Å²) in [6.45, 7) is 1.11. The molecule has 2 aromatic carbocycles. The van der Waals surface area contributed by atoms with Crippen LogP contribution in [0.2, 0.25) is 0 Å². The third-order valence-electron chi connectivity index (χ3n) is 7.93. The third kappa shape index (κ3) is 4.69. The van der Waals surface area contributed by atoms with Gasteiger partial charge < -0.3 is 40.6 Å². The van der Waals surface area contributed by atoms with Gasteiger partial charge in [0.05, 0.1) is 86.0 Å². The molecule has 0 radical (unpaired) electrons. The van der Waals surface area contributed by atoms with Gasteiger partial charge in [-0.05, 0) is 0 Å². The average Bonchev–Trinajstić information content (AvgIpc) is 3.52. The molecule has 210 valence electrons. The summed E-state index contributed by atoms with van der Waals surface area (Å²) in [6, 6.07) is 0.447. The van der Waals surface area contributed by atoms with E-state index >= 15 is 8.78 Å². The van der Waals surface area contributed by atoms with Crippen molar-refractivity contribution >= 4 is 22.9 Å². The van der Waals surface area contributed by atoms with E-state index in [2.05, 4.69) is 10.6 Å². The zero-order valence-corrected chi connectivity index (χ0v) is 21.1. The van der Waals surface area contributed by atoms with Crippen molar-refractivity contribution in [2.24, 2.45) is 0 Å². The van der Waals surface area contributed by atoms with E-state index in [-0.39, 0.29) is 26.2 Å². The van der Waals surface area contributed by atoms with Crippen LogP contribution in [0.4, 0.5) is 24.5 Å². The number of nitrogens with one attached hydrogen (secondary N) is 2. The molecule has 10 nitrogen and oxygen atoms in total. The highest BCUT2D eigenvalue weighted by atomic mass is 19.2. The number of quaternary nitrogens is 2. The van der Waals surface area contributed by atoms with E-state index in [9.17, 15) is 34.6 Å². The zero-order valence-electron chi connectivity index (χ0n) is 21.1. The molecule has 0 atom stereocenters. The van der Waals surface area contributed by atoms with Gasteiger partial charge in [-0.2, -0.15) is 0 Å². The van der Waals surface area contributed by atoms with Gasteiger partial charge in [-0.15, -0.1) is 0 Å². The van der Waals surface area contributed by atoms with E-state index in [1.54, 1.807) is 0 Å². The van der Waals surface area contributed by atoms with Gasteiger partial charge in [-0.1, -0.05) is 0 Å². The average molecular weight is 551 g/mol. The smallest absolute Gasteiger partial charge is 0.200 e. The Labute approximate surface area is 222 Å². The number of carbonyl (C=O) groups excluding carboxylic acids is 2. The molecule has 2 heterocycles. The highest BCUT2D eigenvalue weighted by molar-refractivity contribution is 6.33. The monoisotopic (exact) mass is 550 g/mol. The van der Waals surface area contributed by atoms with Crippen LogP contribution < -0.4 is 10.6 Å². The normalized spacial score (nSPS) is 19.2. The van der Waals surface area contributed by atoms with Crippen molar-refractivity contribution in [2.75, 3.05) is 63.0 Å². The van der Waals surface area contributed by atoms with E-state index in [1.807, 2.05) is 0 Å². The van der Waals surface area contributed by atoms with Crippen LogP contribution in [0.5, 0.6) is 11.5 Å². The highest BCUT2D eigenvalue weighted by Gasteiger charge is 2.42. The van der Waals surface area contributed by atoms with E-state index in [0.29, 0.717) is 32.2 Å². The summed E-state index contributed by atoms with van der Waals surface area (Å²) >= 11 is 0. The van der Waals surface area contributed by atoms with Gasteiger partial charge in [0.25, 0.3) is 0 Å². The zero-order chi connectivity index (χ0) is 28.1. The summed E-state index contributed by atoms with van der Waals surface area (Å²) in [5.74, 6) is -8.93. The van der Waals surface area contributed by atoms with Crippen LogP contribution in [0.3, 0.4) is 0 Å². The molecule has 13 heteroatoms. The number of anilines is 2. The predicted molar refractivity (Wildman–Crippen MR) is 135 cm³/mol. The summed E-state index contributed by atoms with van der Waals surface area (Å²) in [5.41, 5.74) is -4.31. The Hall–Kier alpha value is -3.39. The van der Waals surface area contributed by atoms with Crippen LogP contribution in [0.25, 0.3) is 0 Å². The van der Waals surface area contributed by atoms with Crippen LogP contribution in [0.1, 0.15) is 57.5 Å². The minimum atomic E-state index is -1.52. The van der Waals surface area contributed by atoms with Crippen molar-refractivity contribution < 1.29 is 42.3 Å². The lowest BCUT2D eigenvalue weighted by Crippen LogP contribution is -2.43. The molecule has 2 aromatic rings. The SMILES string of the molecule is O=C1c2c(O)cc(F)c(O)c2C(=O)c2c(NCC[N+]3([O-])CCCC3)c(F)c(F)c(NCC[N+]3([O-])CCCC3)c21. The van der Waals surface area contributed by atoms with Gasteiger partial charge in [0.2, 0.25) is 11.6 Å². The van der Waals surface area contributed by atoms with Crippen molar-refractivity contribution in [3.8, 4) is 11.5 Å². The van der Waals surface area contributed by atoms with Crippen LogP contribution in [0.15, 0.2) is 6.07 Å². The van der Waals surface area contributed by atoms with Crippen molar-refractivity contribution in [3.05, 3.63) is 56.2 Å². The lowest BCUT2D eigenvalue weighted by atomic mass is 9.80. The molecule has 3 aliphatic rings. The number of rotatable bonds is 8. The predicted octanol–water partition coefficient (Wildman–Crippen LogP) is 3.33. The molecule has 0 amide bonds. The Kier molecular flexibility index (Phi) is 6.95. The number of hydrogen-bond acceptors (Lipinski definition) is 8. The Balaban J connectivity index is 1.58. The van der Waals surface area contributed by atoms with Crippen LogP contribution in [0, 0.1) is 27.9 Å². The molecule has 2 aliphatic heterocycles. The topological polar surface area (TPSA) is 145 Å². The number of benzene rings is 2. The molecule has 0 spiro atoms. The molecule has 0 unspecified atom stereocenters. The number of phenols is 2. The number of carbonyl (C=O) groups is 2. The molecule has 2 fully saturated rings. The Morgan fingerprint density at radius 1 is 0.718 bits per heavy atom. The van der Waals surface area contributed by atoms with Gasteiger partial charge in [0, 0.05) is 31.7 Å². The summed E-state index contributed by atoms with van der Waals surface area (Å²) in [6.07, 6.45) is 2.91. The van der Waals surface area contributed by atoms with Crippen LogP contribution >= 0.6 is 0 Å². The van der Waals surface area contributed by atoms with Gasteiger partial charge in [0.1, 0.15) is 5.75 Å². The van der Waals surface area contributed by atoms with Gasteiger partial charge in [-0.3, -0.25) is 9.59 Å². The maximum Gasteiger partial charge on any atom is 0.200 e. The van der Waals surface area contributed by atoms with Crippen molar-refractivity contribution in [3.63, 3.8) is 0 Å². The molecule has 0 saturated carbocycles. The Morgan fingerprint density at radius 3 is 1.56 bits per heavy atom. The molecule has 0 bridgehead atoms. The maximum atomic E-state index is 15.5. The van der Waals surface area contributed by atoms with Crippen molar-refractivity contribution in [2.45, 2.75) is 25.7 Å². The van der Waals surface area contributed by atoms with Crippen molar-refractivity contribution in [1.82, 2.24) is 0 Å². The molecule has 5 rings (SSSR count). The first-order chi connectivity index (χ1) is 18.5. The second-order valence-electron chi connectivity index (χ2n) is 10.5. The number of halogens is 3. The Bertz CT molecular complexity index is 1360. The van der Waals surface area contributed by atoms with Crippen LogP contribution in [-0.2, 0) is 0 Å². The molecule has 39 heavy (non-hydrogen) atoms. The molecule has 4 N–H and O–H groups in total. The molecule has 0 aromatic heterocycles. The van der Waals surface area contributed by atoms with Gasteiger partial charge in [-0.25, -0.2) is 13.2 Å². The standard InChI is InChI=1S/C26H29F3N4O6/c27-14-13-15(34)16-19(24(14)35)26(37)18-17(25(16)36)22(30-5-11-32(38)7-1-2-8-32)20(28)21(29)23(18)31-6-12-33(39)9-3-4-10-33/h13,30-31,34-35H,1-12H2. The number of hydroxylamine groups is 6. The lowest BCUT2D eigenvalue weighted by molar-refractivity contribution is -0.866. The molecule has 1 aliphatic carbocycles. The fourth-order valence-electron chi connectivity index (χ4n) is 5.84. The van der Waals surface area contributed by atoms with Crippen molar-refractivity contribution in [1.29, 1.82) is 0 Å². The number of aromatic hydroxyl groups is 2. The maximum absolute atomic E-state index is 15.5. The third-order valence-corrected chi connectivity index (χ3v) is 7.93. The lowest BCUT2D eigenvalue weighted by Gasteiger charge is -2.39. The number of fused-ring (bicyclic) bond motifs is 2. The van der Waals surface area contributed by atoms with E-state index in [1.165, 1.54) is 0 Å². The second kappa shape index (κ2) is 9.97. The fourth-order valence-corrected chi connectivity index (χ4v) is 5.84. The number of likely N-dealkylation sites (tertiary alicyclic amines) is 2. The number of hydrogen-bond donors (Lipinski definition) is 4. The van der Waals surface area contributed by atoms with E-state index in [4.69, 9.17) is 0 Å².